The number of nitrogens with one attached hydrogen (secondary N) is 2. The number of sulfonamides is 1. The Kier molecular flexibility index (Phi) is 5.33. The molecule has 1 atom stereocenters. The van der Waals surface area contributed by atoms with Crippen molar-refractivity contribution in [3.05, 3.63) is 40.7 Å². The summed E-state index contributed by atoms with van der Waals surface area (Å²) in [5.41, 5.74) is 0. The molecular weight excluding hydrogens is 306 g/mol. The standard InChI is InChI=1S/C14H19N3O2S2/c1-3-5-12(13-6-4-9-20-13)17-21(18,19)11-7-8-14(15-2)16-10-11/h4,6-10,12,17H,3,5H2,1-2H3,(H,15,16). The second-order valence-corrected chi connectivity index (χ2v) is 7.30. The van der Waals surface area contributed by atoms with Crippen molar-refractivity contribution in [3.8, 4) is 0 Å². The van der Waals surface area contributed by atoms with Crippen LogP contribution in [0.1, 0.15) is 30.7 Å². The zero-order chi connectivity index (χ0) is 15.3. The summed E-state index contributed by atoms with van der Waals surface area (Å²) in [6, 6.07) is 6.90. The van der Waals surface area contributed by atoms with Gasteiger partial charge in [0, 0.05) is 18.1 Å². The maximum absolute atomic E-state index is 12.4. The number of rotatable bonds is 7. The molecule has 0 aliphatic rings. The lowest BCUT2D eigenvalue weighted by atomic mass is 10.1. The number of anilines is 1. The molecule has 2 rings (SSSR count). The summed E-state index contributed by atoms with van der Waals surface area (Å²) in [7, 11) is -1.83. The third-order valence-corrected chi connectivity index (χ3v) is 5.51. The Morgan fingerprint density at radius 1 is 1.33 bits per heavy atom. The Morgan fingerprint density at radius 3 is 2.67 bits per heavy atom. The summed E-state index contributed by atoms with van der Waals surface area (Å²) >= 11 is 1.56. The number of pyridine rings is 1. The van der Waals surface area contributed by atoms with E-state index in [-0.39, 0.29) is 10.9 Å². The molecule has 2 aromatic rings. The third-order valence-electron chi connectivity index (χ3n) is 3.06. The van der Waals surface area contributed by atoms with Gasteiger partial charge in [0.2, 0.25) is 10.0 Å². The van der Waals surface area contributed by atoms with E-state index in [9.17, 15) is 8.42 Å². The molecule has 0 aromatic carbocycles. The largest absolute Gasteiger partial charge is 0.373 e. The monoisotopic (exact) mass is 325 g/mol. The van der Waals surface area contributed by atoms with E-state index < -0.39 is 10.0 Å². The molecule has 0 fully saturated rings. The summed E-state index contributed by atoms with van der Waals surface area (Å²) in [5.74, 6) is 0.636. The Bertz CT molecular complexity index is 652. The summed E-state index contributed by atoms with van der Waals surface area (Å²) in [5, 5.41) is 4.82. The van der Waals surface area contributed by atoms with Crippen LogP contribution in [0.4, 0.5) is 5.82 Å². The van der Waals surface area contributed by atoms with Crippen molar-refractivity contribution in [1.29, 1.82) is 0 Å². The Balaban J connectivity index is 2.21. The van der Waals surface area contributed by atoms with E-state index in [2.05, 4.69) is 15.0 Å². The van der Waals surface area contributed by atoms with Crippen LogP contribution in [0.2, 0.25) is 0 Å². The molecule has 0 aliphatic carbocycles. The molecule has 1 unspecified atom stereocenters. The molecule has 5 nitrogen and oxygen atoms in total. The van der Waals surface area contributed by atoms with Crippen LogP contribution in [0, 0.1) is 0 Å². The van der Waals surface area contributed by atoms with Crippen molar-refractivity contribution in [2.24, 2.45) is 0 Å². The minimum Gasteiger partial charge on any atom is -0.373 e. The zero-order valence-corrected chi connectivity index (χ0v) is 13.7. The van der Waals surface area contributed by atoms with E-state index in [1.54, 1.807) is 30.5 Å². The van der Waals surface area contributed by atoms with Gasteiger partial charge in [-0.3, -0.25) is 0 Å². The zero-order valence-electron chi connectivity index (χ0n) is 12.0. The normalized spacial score (nSPS) is 13.0. The van der Waals surface area contributed by atoms with Crippen molar-refractivity contribution >= 4 is 27.2 Å². The van der Waals surface area contributed by atoms with E-state index in [1.807, 2.05) is 24.4 Å². The van der Waals surface area contributed by atoms with Crippen LogP contribution in [0.15, 0.2) is 40.7 Å². The molecule has 21 heavy (non-hydrogen) atoms. The molecule has 0 bridgehead atoms. The average molecular weight is 325 g/mol. The minimum atomic E-state index is -3.57. The van der Waals surface area contributed by atoms with Crippen LogP contribution in [0.3, 0.4) is 0 Å². The number of nitrogens with zero attached hydrogens (tertiary/aromatic N) is 1. The number of aromatic nitrogens is 1. The van der Waals surface area contributed by atoms with E-state index in [1.165, 1.54) is 6.20 Å². The molecule has 0 saturated heterocycles. The number of thiophene rings is 1. The van der Waals surface area contributed by atoms with E-state index >= 15 is 0 Å². The van der Waals surface area contributed by atoms with Crippen LogP contribution in [-0.4, -0.2) is 20.4 Å². The van der Waals surface area contributed by atoms with Gasteiger partial charge in [-0.1, -0.05) is 19.4 Å². The fourth-order valence-electron chi connectivity index (χ4n) is 1.98. The predicted octanol–water partition coefficient (Wildman–Crippen LogP) is 3.00. The van der Waals surface area contributed by atoms with Gasteiger partial charge >= 0.3 is 0 Å². The maximum atomic E-state index is 12.4. The van der Waals surface area contributed by atoms with E-state index in [0.717, 1.165) is 17.7 Å². The fraction of sp³-hybridized carbons (Fsp3) is 0.357. The van der Waals surface area contributed by atoms with E-state index in [0.29, 0.717) is 5.82 Å². The van der Waals surface area contributed by atoms with Gasteiger partial charge < -0.3 is 5.32 Å². The van der Waals surface area contributed by atoms with Crippen molar-refractivity contribution in [1.82, 2.24) is 9.71 Å². The average Bonchev–Trinajstić information content (AvgIpc) is 3.01. The van der Waals surface area contributed by atoms with Crippen LogP contribution >= 0.6 is 11.3 Å². The molecule has 2 N–H and O–H groups in total. The molecule has 2 aromatic heterocycles. The molecule has 0 spiro atoms. The van der Waals surface area contributed by atoms with Gasteiger partial charge in [0.25, 0.3) is 0 Å². The van der Waals surface area contributed by atoms with Crippen LogP contribution < -0.4 is 10.0 Å². The van der Waals surface area contributed by atoms with Crippen LogP contribution in [0.5, 0.6) is 0 Å². The van der Waals surface area contributed by atoms with Crippen molar-refractivity contribution in [2.75, 3.05) is 12.4 Å². The molecule has 0 saturated carbocycles. The highest BCUT2D eigenvalue weighted by Crippen LogP contribution is 2.25. The van der Waals surface area contributed by atoms with Crippen molar-refractivity contribution in [2.45, 2.75) is 30.7 Å². The second kappa shape index (κ2) is 7.02. The van der Waals surface area contributed by atoms with Gasteiger partial charge in [0.15, 0.2) is 0 Å². The molecule has 2 heterocycles. The van der Waals surface area contributed by atoms with Gasteiger partial charge in [-0.2, -0.15) is 0 Å². The SMILES string of the molecule is CCCC(NS(=O)(=O)c1ccc(NC)nc1)c1cccs1. The Hall–Kier alpha value is -1.44. The molecule has 0 radical (unpaired) electrons. The highest BCUT2D eigenvalue weighted by atomic mass is 32.2. The summed E-state index contributed by atoms with van der Waals surface area (Å²) < 4.78 is 27.7. The van der Waals surface area contributed by atoms with Gasteiger partial charge in [0.1, 0.15) is 10.7 Å². The predicted molar refractivity (Wildman–Crippen MR) is 86.1 cm³/mol. The molecule has 0 aliphatic heterocycles. The van der Waals surface area contributed by atoms with Crippen molar-refractivity contribution < 1.29 is 8.42 Å². The van der Waals surface area contributed by atoms with Gasteiger partial charge in [-0.15, -0.1) is 11.3 Å². The van der Waals surface area contributed by atoms with E-state index in [4.69, 9.17) is 0 Å². The molecular formula is C14H19N3O2S2. The first-order valence-corrected chi connectivity index (χ1v) is 9.12. The van der Waals surface area contributed by atoms with Crippen molar-refractivity contribution in [3.63, 3.8) is 0 Å². The van der Waals surface area contributed by atoms with Gasteiger partial charge in [-0.05, 0) is 30.0 Å². The third kappa shape index (κ3) is 4.03. The lowest BCUT2D eigenvalue weighted by Crippen LogP contribution is -2.28. The van der Waals surface area contributed by atoms with Gasteiger partial charge in [-0.25, -0.2) is 18.1 Å². The topological polar surface area (TPSA) is 71.1 Å². The lowest BCUT2D eigenvalue weighted by Gasteiger charge is -2.17. The summed E-state index contributed by atoms with van der Waals surface area (Å²) in [6.07, 6.45) is 3.04. The highest BCUT2D eigenvalue weighted by molar-refractivity contribution is 7.89. The highest BCUT2D eigenvalue weighted by Gasteiger charge is 2.21. The number of hydrogen-bond donors (Lipinski definition) is 2. The second-order valence-electron chi connectivity index (χ2n) is 4.61. The minimum absolute atomic E-state index is 0.180. The van der Waals surface area contributed by atoms with Crippen LogP contribution in [0.25, 0.3) is 0 Å². The fourth-order valence-corrected chi connectivity index (χ4v) is 4.06. The first-order valence-electron chi connectivity index (χ1n) is 6.76. The Morgan fingerprint density at radius 2 is 2.14 bits per heavy atom. The lowest BCUT2D eigenvalue weighted by molar-refractivity contribution is 0.540. The molecule has 7 heteroatoms. The Labute approximate surface area is 129 Å². The van der Waals surface area contributed by atoms with Gasteiger partial charge in [0.05, 0.1) is 6.04 Å². The summed E-state index contributed by atoms with van der Waals surface area (Å²) in [6.45, 7) is 2.04. The molecule has 0 amide bonds. The number of hydrogen-bond acceptors (Lipinski definition) is 5. The maximum Gasteiger partial charge on any atom is 0.242 e. The first-order chi connectivity index (χ1) is 10.1. The van der Waals surface area contributed by atoms with Crippen LogP contribution in [-0.2, 0) is 10.0 Å². The quantitative estimate of drug-likeness (QED) is 0.821. The smallest absolute Gasteiger partial charge is 0.242 e. The molecule has 114 valence electrons. The first kappa shape index (κ1) is 15.9. The summed E-state index contributed by atoms with van der Waals surface area (Å²) in [4.78, 5) is 5.26.